The fourth-order valence-electron chi connectivity index (χ4n) is 1.62. The van der Waals surface area contributed by atoms with Gasteiger partial charge >= 0.3 is 0 Å². The SMILES string of the molecule is O=S(=O)(OCCOCc1ccccc1)c1ccccc1. The number of hydrogen-bond acceptors (Lipinski definition) is 4. The Balaban J connectivity index is 1.74. The first-order valence-electron chi connectivity index (χ1n) is 6.25. The Bertz CT molecular complexity index is 609. The molecule has 5 heteroatoms. The van der Waals surface area contributed by atoms with Crippen LogP contribution in [0.1, 0.15) is 5.56 Å². The van der Waals surface area contributed by atoms with Crippen LogP contribution in [0.3, 0.4) is 0 Å². The molecular weight excluding hydrogens is 276 g/mol. The van der Waals surface area contributed by atoms with Crippen LogP contribution in [-0.2, 0) is 25.6 Å². The minimum absolute atomic E-state index is 0.00403. The van der Waals surface area contributed by atoms with Crippen LogP contribution >= 0.6 is 0 Å². The topological polar surface area (TPSA) is 52.6 Å². The zero-order valence-electron chi connectivity index (χ0n) is 10.9. The van der Waals surface area contributed by atoms with Gasteiger partial charge in [0, 0.05) is 0 Å². The highest BCUT2D eigenvalue weighted by Crippen LogP contribution is 2.11. The largest absolute Gasteiger partial charge is 0.374 e. The highest BCUT2D eigenvalue weighted by atomic mass is 32.2. The van der Waals surface area contributed by atoms with E-state index in [1.807, 2.05) is 30.3 Å². The van der Waals surface area contributed by atoms with Gasteiger partial charge in [-0.15, -0.1) is 0 Å². The average molecular weight is 292 g/mol. The Labute approximate surface area is 119 Å². The van der Waals surface area contributed by atoms with Crippen molar-refractivity contribution in [1.29, 1.82) is 0 Å². The van der Waals surface area contributed by atoms with Gasteiger partial charge in [0.2, 0.25) is 0 Å². The molecule has 0 saturated carbocycles. The number of rotatable bonds is 7. The van der Waals surface area contributed by atoms with E-state index in [-0.39, 0.29) is 18.1 Å². The third-order valence-electron chi connectivity index (χ3n) is 2.61. The van der Waals surface area contributed by atoms with E-state index < -0.39 is 10.1 Å². The normalized spacial score (nSPS) is 11.4. The van der Waals surface area contributed by atoms with E-state index in [9.17, 15) is 8.42 Å². The molecule has 0 bridgehead atoms. The summed E-state index contributed by atoms with van der Waals surface area (Å²) in [5, 5.41) is 0. The van der Waals surface area contributed by atoms with Crippen LogP contribution in [0.5, 0.6) is 0 Å². The highest BCUT2D eigenvalue weighted by molar-refractivity contribution is 7.86. The molecule has 0 saturated heterocycles. The summed E-state index contributed by atoms with van der Waals surface area (Å²) in [5.41, 5.74) is 1.04. The molecule has 0 radical (unpaired) electrons. The van der Waals surface area contributed by atoms with E-state index in [1.165, 1.54) is 12.1 Å². The Morgan fingerprint density at radius 3 is 2.05 bits per heavy atom. The first-order valence-corrected chi connectivity index (χ1v) is 7.65. The molecule has 0 aliphatic carbocycles. The monoisotopic (exact) mass is 292 g/mol. The zero-order chi connectivity index (χ0) is 14.3. The van der Waals surface area contributed by atoms with Gasteiger partial charge in [0.15, 0.2) is 0 Å². The first kappa shape index (κ1) is 14.7. The summed E-state index contributed by atoms with van der Waals surface area (Å²) in [6, 6.07) is 17.7. The fraction of sp³-hybridized carbons (Fsp3) is 0.200. The summed E-state index contributed by atoms with van der Waals surface area (Å²) < 4.78 is 33.8. The molecule has 0 unspecified atom stereocenters. The molecule has 0 spiro atoms. The number of ether oxygens (including phenoxy) is 1. The Morgan fingerprint density at radius 2 is 1.40 bits per heavy atom. The van der Waals surface area contributed by atoms with Crippen LogP contribution in [0.25, 0.3) is 0 Å². The lowest BCUT2D eigenvalue weighted by Gasteiger charge is -2.06. The molecule has 0 atom stereocenters. The van der Waals surface area contributed by atoms with Crippen molar-refractivity contribution in [1.82, 2.24) is 0 Å². The maximum Gasteiger partial charge on any atom is 0.297 e. The lowest BCUT2D eigenvalue weighted by molar-refractivity contribution is 0.0908. The minimum atomic E-state index is -3.69. The minimum Gasteiger partial charge on any atom is -0.374 e. The van der Waals surface area contributed by atoms with Gasteiger partial charge in [0.25, 0.3) is 10.1 Å². The molecule has 20 heavy (non-hydrogen) atoms. The van der Waals surface area contributed by atoms with Crippen molar-refractivity contribution >= 4 is 10.1 Å². The predicted octanol–water partition coefficient (Wildman–Crippen LogP) is 2.61. The number of benzene rings is 2. The fourth-order valence-corrected chi connectivity index (χ4v) is 2.54. The van der Waals surface area contributed by atoms with Crippen molar-refractivity contribution in [3.8, 4) is 0 Å². The van der Waals surface area contributed by atoms with Gasteiger partial charge in [-0.25, -0.2) is 0 Å². The van der Waals surface area contributed by atoms with Gasteiger partial charge in [-0.2, -0.15) is 8.42 Å². The molecule has 4 nitrogen and oxygen atoms in total. The Kier molecular flexibility index (Phi) is 5.29. The molecule has 2 aromatic carbocycles. The van der Waals surface area contributed by atoms with Gasteiger partial charge in [-0.05, 0) is 17.7 Å². The molecule has 0 aromatic heterocycles. The van der Waals surface area contributed by atoms with Crippen molar-refractivity contribution in [3.05, 3.63) is 66.2 Å². The molecule has 106 valence electrons. The van der Waals surface area contributed by atoms with Crippen LogP contribution < -0.4 is 0 Å². The summed E-state index contributed by atoms with van der Waals surface area (Å²) in [5.74, 6) is 0. The first-order chi connectivity index (χ1) is 9.68. The van der Waals surface area contributed by atoms with E-state index >= 15 is 0 Å². The second kappa shape index (κ2) is 7.19. The second-order valence-electron chi connectivity index (χ2n) is 4.13. The molecule has 0 N–H and O–H groups in total. The Morgan fingerprint density at radius 1 is 0.800 bits per heavy atom. The van der Waals surface area contributed by atoms with Crippen LogP contribution in [0, 0.1) is 0 Å². The lowest BCUT2D eigenvalue weighted by atomic mass is 10.2. The number of hydrogen-bond donors (Lipinski definition) is 0. The molecule has 0 aliphatic heterocycles. The molecule has 0 heterocycles. The van der Waals surface area contributed by atoms with Gasteiger partial charge in [0.1, 0.15) is 0 Å². The molecule has 0 fully saturated rings. The Hall–Kier alpha value is -1.69. The molecular formula is C15H16O4S. The van der Waals surface area contributed by atoms with Crippen LogP contribution in [0.4, 0.5) is 0 Å². The second-order valence-corrected chi connectivity index (χ2v) is 5.74. The molecule has 0 amide bonds. The smallest absolute Gasteiger partial charge is 0.297 e. The van der Waals surface area contributed by atoms with Crippen molar-refractivity contribution in [3.63, 3.8) is 0 Å². The van der Waals surface area contributed by atoms with Gasteiger partial charge in [-0.3, -0.25) is 4.18 Å². The van der Waals surface area contributed by atoms with Crippen molar-refractivity contribution in [2.45, 2.75) is 11.5 Å². The van der Waals surface area contributed by atoms with Crippen LogP contribution in [0.15, 0.2) is 65.6 Å². The van der Waals surface area contributed by atoms with E-state index in [0.717, 1.165) is 5.56 Å². The van der Waals surface area contributed by atoms with Crippen molar-refractivity contribution in [2.24, 2.45) is 0 Å². The van der Waals surface area contributed by atoms with Crippen molar-refractivity contribution < 1.29 is 17.3 Å². The highest BCUT2D eigenvalue weighted by Gasteiger charge is 2.13. The molecule has 0 aliphatic rings. The third kappa shape index (κ3) is 4.45. The van der Waals surface area contributed by atoms with Gasteiger partial charge in [-0.1, -0.05) is 48.5 Å². The van der Waals surface area contributed by atoms with Crippen LogP contribution in [0.2, 0.25) is 0 Å². The third-order valence-corrected chi connectivity index (χ3v) is 3.94. The molecule has 2 rings (SSSR count). The van der Waals surface area contributed by atoms with E-state index in [0.29, 0.717) is 6.61 Å². The maximum absolute atomic E-state index is 11.8. The summed E-state index contributed by atoms with van der Waals surface area (Å²) in [7, 11) is -3.69. The van der Waals surface area contributed by atoms with Crippen LogP contribution in [-0.4, -0.2) is 21.6 Å². The maximum atomic E-state index is 11.8. The summed E-state index contributed by atoms with van der Waals surface area (Å²) in [4.78, 5) is 0.156. The average Bonchev–Trinajstić information content (AvgIpc) is 2.49. The predicted molar refractivity (Wildman–Crippen MR) is 75.7 cm³/mol. The van der Waals surface area contributed by atoms with E-state index in [1.54, 1.807) is 18.2 Å². The van der Waals surface area contributed by atoms with E-state index in [2.05, 4.69) is 0 Å². The zero-order valence-corrected chi connectivity index (χ0v) is 11.8. The standard InChI is InChI=1S/C15H16O4S/c16-20(17,15-9-5-2-6-10-15)19-12-11-18-13-14-7-3-1-4-8-14/h1-10H,11-13H2. The lowest BCUT2D eigenvalue weighted by Crippen LogP contribution is -2.11. The van der Waals surface area contributed by atoms with Gasteiger partial charge in [0.05, 0.1) is 24.7 Å². The summed E-state index contributed by atoms with van der Waals surface area (Å²) in [6.07, 6.45) is 0. The molecule has 2 aromatic rings. The quantitative estimate of drug-likeness (QED) is 0.581. The summed E-state index contributed by atoms with van der Waals surface area (Å²) in [6.45, 7) is 0.667. The summed E-state index contributed by atoms with van der Waals surface area (Å²) >= 11 is 0. The van der Waals surface area contributed by atoms with E-state index in [4.69, 9.17) is 8.92 Å². The van der Waals surface area contributed by atoms with Gasteiger partial charge < -0.3 is 4.74 Å². The van der Waals surface area contributed by atoms with Crippen molar-refractivity contribution in [2.75, 3.05) is 13.2 Å².